The number of aliphatic imine (C=N–C) groups is 1. The average molecular weight is 347 g/mol. The molecule has 0 aliphatic rings. The lowest BCUT2D eigenvalue weighted by Gasteiger charge is -2.06. The Kier molecular flexibility index (Phi) is 7.44. The normalized spacial score (nSPS) is 12.5. The van der Waals surface area contributed by atoms with Crippen molar-refractivity contribution in [2.45, 2.75) is 46.1 Å². The van der Waals surface area contributed by atoms with Crippen LogP contribution >= 0.6 is 0 Å². The first kappa shape index (κ1) is 19.0. The van der Waals surface area contributed by atoms with Crippen LogP contribution in [0.5, 0.6) is 6.01 Å². The first-order valence-electron chi connectivity index (χ1n) is 8.52. The van der Waals surface area contributed by atoms with Crippen molar-refractivity contribution in [3.05, 3.63) is 47.7 Å². The fourth-order valence-corrected chi connectivity index (χ4v) is 2.22. The van der Waals surface area contributed by atoms with Crippen LogP contribution in [0.3, 0.4) is 0 Å². The van der Waals surface area contributed by atoms with Crippen molar-refractivity contribution in [2.24, 2.45) is 10.9 Å². The van der Waals surface area contributed by atoms with Gasteiger partial charge in [0.1, 0.15) is 12.4 Å². The van der Waals surface area contributed by atoms with Crippen LogP contribution in [0.25, 0.3) is 0 Å². The second-order valence-corrected chi connectivity index (χ2v) is 5.99. The topological polar surface area (TPSA) is 47.4 Å². The van der Waals surface area contributed by atoms with Gasteiger partial charge in [-0.2, -0.15) is 4.98 Å². The lowest BCUT2D eigenvalue weighted by atomic mass is 10.0. The fraction of sp³-hybridized carbons (Fsp3) is 0.421. The first-order chi connectivity index (χ1) is 12.1. The fourth-order valence-electron chi connectivity index (χ4n) is 2.22. The predicted molar refractivity (Wildman–Crippen MR) is 94.2 cm³/mol. The molecule has 0 amide bonds. The van der Waals surface area contributed by atoms with Crippen molar-refractivity contribution < 1.29 is 13.5 Å². The summed E-state index contributed by atoms with van der Waals surface area (Å²) in [7, 11) is 0. The molecule has 0 N–H and O–H groups in total. The van der Waals surface area contributed by atoms with Crippen LogP contribution in [-0.4, -0.2) is 16.2 Å². The highest BCUT2D eigenvalue weighted by molar-refractivity contribution is 5.64. The average Bonchev–Trinajstić information content (AvgIpc) is 2.61. The van der Waals surface area contributed by atoms with Gasteiger partial charge in [0.2, 0.25) is 0 Å². The third kappa shape index (κ3) is 6.57. The maximum atomic E-state index is 13.8. The van der Waals surface area contributed by atoms with Crippen molar-refractivity contribution >= 4 is 12.0 Å². The number of unbranched alkanes of at least 4 members (excludes halogenated alkanes) is 2. The predicted octanol–water partition coefficient (Wildman–Crippen LogP) is 5.25. The quantitative estimate of drug-likeness (QED) is 0.459. The molecule has 1 heterocycles. The van der Waals surface area contributed by atoms with Gasteiger partial charge in [0.15, 0.2) is 11.6 Å². The van der Waals surface area contributed by atoms with E-state index in [2.05, 4.69) is 21.9 Å². The molecule has 0 fully saturated rings. The molecule has 0 bridgehead atoms. The smallest absolute Gasteiger partial charge is 0.318 e. The van der Waals surface area contributed by atoms with Gasteiger partial charge in [-0.05, 0) is 30.0 Å². The lowest BCUT2D eigenvalue weighted by molar-refractivity contribution is 0.279. The van der Waals surface area contributed by atoms with Gasteiger partial charge < -0.3 is 4.74 Å². The molecule has 1 aromatic heterocycles. The van der Waals surface area contributed by atoms with Crippen LogP contribution in [-0.2, 0) is 6.61 Å². The molecule has 2 rings (SSSR count). The molecule has 2 aromatic rings. The van der Waals surface area contributed by atoms with E-state index >= 15 is 0 Å². The molecule has 0 aliphatic heterocycles. The minimum absolute atomic E-state index is 0.0357. The van der Waals surface area contributed by atoms with Crippen molar-refractivity contribution in [2.75, 3.05) is 0 Å². The molecule has 25 heavy (non-hydrogen) atoms. The van der Waals surface area contributed by atoms with E-state index in [1.54, 1.807) is 18.3 Å². The van der Waals surface area contributed by atoms with Crippen molar-refractivity contribution in [3.8, 4) is 6.01 Å². The summed E-state index contributed by atoms with van der Waals surface area (Å²) in [4.78, 5) is 11.9. The third-order valence-corrected chi connectivity index (χ3v) is 3.70. The maximum Gasteiger partial charge on any atom is 0.318 e. The zero-order valence-electron chi connectivity index (χ0n) is 14.6. The number of hydrogen-bond donors (Lipinski definition) is 0. The van der Waals surface area contributed by atoms with Gasteiger partial charge in [-0.25, -0.2) is 18.8 Å². The van der Waals surface area contributed by atoms with E-state index in [1.165, 1.54) is 25.0 Å². The van der Waals surface area contributed by atoms with E-state index in [9.17, 15) is 8.78 Å². The molecule has 1 atom stereocenters. The van der Waals surface area contributed by atoms with Crippen LogP contribution in [0.15, 0.2) is 35.5 Å². The molecule has 4 nitrogen and oxygen atoms in total. The molecule has 0 unspecified atom stereocenters. The van der Waals surface area contributed by atoms with Crippen LogP contribution < -0.4 is 4.74 Å². The Morgan fingerprint density at radius 2 is 1.96 bits per heavy atom. The van der Waals surface area contributed by atoms with Gasteiger partial charge >= 0.3 is 6.01 Å². The van der Waals surface area contributed by atoms with Gasteiger partial charge in [0.25, 0.3) is 0 Å². The highest BCUT2D eigenvalue weighted by atomic mass is 19.1. The third-order valence-electron chi connectivity index (χ3n) is 3.70. The van der Waals surface area contributed by atoms with Gasteiger partial charge in [-0.3, -0.25) is 0 Å². The summed E-state index contributed by atoms with van der Waals surface area (Å²) in [5, 5.41) is 0. The summed E-state index contributed by atoms with van der Waals surface area (Å²) in [6, 6.07) is 5.95. The van der Waals surface area contributed by atoms with E-state index in [0.29, 0.717) is 0 Å². The maximum absolute atomic E-state index is 13.8. The zero-order valence-corrected chi connectivity index (χ0v) is 14.6. The molecular formula is C19H23F2N3O. The number of aromatic nitrogens is 2. The summed E-state index contributed by atoms with van der Waals surface area (Å²) in [6.45, 7) is 4.37. The monoisotopic (exact) mass is 347 g/mol. The Labute approximate surface area is 147 Å². The molecule has 0 saturated heterocycles. The van der Waals surface area contributed by atoms with Crippen LogP contribution in [0.1, 0.15) is 45.1 Å². The molecule has 0 aliphatic carbocycles. The molecule has 0 radical (unpaired) electrons. The number of halogens is 2. The molecule has 0 saturated carbocycles. The second kappa shape index (κ2) is 9.81. The summed E-state index contributed by atoms with van der Waals surface area (Å²) >= 11 is 0. The first-order valence-corrected chi connectivity index (χ1v) is 8.52. The van der Waals surface area contributed by atoms with E-state index in [0.717, 1.165) is 24.6 Å². The number of rotatable bonds is 9. The Hall–Kier alpha value is -2.37. The van der Waals surface area contributed by atoms with Crippen LogP contribution in [0.4, 0.5) is 14.6 Å². The van der Waals surface area contributed by atoms with Gasteiger partial charge in [0, 0.05) is 6.21 Å². The van der Waals surface area contributed by atoms with Crippen molar-refractivity contribution in [1.29, 1.82) is 0 Å². The summed E-state index contributed by atoms with van der Waals surface area (Å²) in [5.41, 5.74) is 0.768. The van der Waals surface area contributed by atoms with E-state index in [-0.39, 0.29) is 30.2 Å². The number of nitrogens with zero attached hydrogens (tertiary/aromatic N) is 3. The largest absolute Gasteiger partial charge is 0.459 e. The molecular weight excluding hydrogens is 324 g/mol. The van der Waals surface area contributed by atoms with Gasteiger partial charge in [-0.15, -0.1) is 0 Å². The van der Waals surface area contributed by atoms with E-state index < -0.39 is 5.82 Å². The SMILES string of the molecule is CCCCC[C@@H](C)C=Nc1nc(OCc2ccc(F)cc2)ncc1F. The second-order valence-electron chi connectivity index (χ2n) is 5.99. The minimum Gasteiger partial charge on any atom is -0.459 e. The summed E-state index contributed by atoms with van der Waals surface area (Å²) < 4.78 is 32.1. The molecule has 0 spiro atoms. The van der Waals surface area contributed by atoms with E-state index in [4.69, 9.17) is 4.74 Å². The highest BCUT2D eigenvalue weighted by Crippen LogP contribution is 2.18. The Bertz CT molecular complexity index is 690. The minimum atomic E-state index is -0.592. The molecule has 6 heteroatoms. The summed E-state index contributed by atoms with van der Waals surface area (Å²) in [6.07, 6.45) is 7.24. The van der Waals surface area contributed by atoms with Gasteiger partial charge in [0.05, 0.1) is 6.20 Å². The van der Waals surface area contributed by atoms with E-state index in [1.807, 2.05) is 6.92 Å². The number of benzene rings is 1. The van der Waals surface area contributed by atoms with Crippen LogP contribution in [0.2, 0.25) is 0 Å². The Morgan fingerprint density at radius 1 is 1.20 bits per heavy atom. The number of hydrogen-bond acceptors (Lipinski definition) is 4. The lowest BCUT2D eigenvalue weighted by Crippen LogP contribution is -2.01. The van der Waals surface area contributed by atoms with Gasteiger partial charge in [-0.1, -0.05) is 45.2 Å². The highest BCUT2D eigenvalue weighted by Gasteiger charge is 2.08. The Morgan fingerprint density at radius 3 is 2.68 bits per heavy atom. The Balaban J connectivity index is 1.95. The van der Waals surface area contributed by atoms with Crippen molar-refractivity contribution in [3.63, 3.8) is 0 Å². The molecule has 134 valence electrons. The standard InChI is InChI=1S/C19H23F2N3O/c1-3-4-5-6-14(2)11-22-18-17(21)12-23-19(24-18)25-13-15-7-9-16(20)10-8-15/h7-12,14H,3-6,13H2,1-2H3/t14-/m1/s1. The summed E-state index contributed by atoms with van der Waals surface area (Å²) in [5.74, 6) is -0.687. The number of ether oxygens (including phenoxy) is 1. The molecule has 1 aromatic carbocycles. The zero-order chi connectivity index (χ0) is 18.1. The van der Waals surface area contributed by atoms with Crippen molar-refractivity contribution in [1.82, 2.24) is 9.97 Å². The van der Waals surface area contributed by atoms with Crippen LogP contribution in [0, 0.1) is 17.6 Å².